The zero-order valence-corrected chi connectivity index (χ0v) is 12.7. The van der Waals surface area contributed by atoms with Crippen molar-refractivity contribution < 1.29 is 9.50 Å². The maximum atomic E-state index is 12.9. The van der Waals surface area contributed by atoms with Crippen LogP contribution in [0.5, 0.6) is 0 Å². The van der Waals surface area contributed by atoms with E-state index in [1.54, 1.807) is 19.1 Å². The smallest absolute Gasteiger partial charge is 0.123 e. The summed E-state index contributed by atoms with van der Waals surface area (Å²) in [6.45, 7) is 6.25. The minimum Gasteiger partial charge on any atom is -0.392 e. The third-order valence-electron chi connectivity index (χ3n) is 3.41. The molecule has 0 saturated carbocycles. The number of nitrogens with zero attached hydrogens (tertiary/aromatic N) is 1. The maximum Gasteiger partial charge on any atom is 0.123 e. The number of aliphatic hydroxyl groups excluding tert-OH is 1. The van der Waals surface area contributed by atoms with Gasteiger partial charge >= 0.3 is 0 Å². The molecule has 1 aromatic carbocycles. The van der Waals surface area contributed by atoms with Crippen LogP contribution in [-0.2, 0) is 6.54 Å². The number of thiazole rings is 1. The summed E-state index contributed by atoms with van der Waals surface area (Å²) < 4.78 is 12.9. The molecule has 1 aromatic heterocycles. The first-order valence-electron chi connectivity index (χ1n) is 6.52. The van der Waals surface area contributed by atoms with Gasteiger partial charge in [0.1, 0.15) is 10.8 Å². The summed E-state index contributed by atoms with van der Waals surface area (Å²) in [4.78, 5) is 4.52. The van der Waals surface area contributed by atoms with Crippen molar-refractivity contribution in [3.63, 3.8) is 0 Å². The van der Waals surface area contributed by atoms with Crippen LogP contribution in [0.15, 0.2) is 29.6 Å². The van der Waals surface area contributed by atoms with E-state index in [4.69, 9.17) is 0 Å². The predicted octanol–water partition coefficient (Wildman–Crippen LogP) is 3.20. The number of hydrogen-bond acceptors (Lipinski definition) is 4. The van der Waals surface area contributed by atoms with Gasteiger partial charge < -0.3 is 10.4 Å². The van der Waals surface area contributed by atoms with Crippen LogP contribution in [0.4, 0.5) is 4.39 Å². The number of halogens is 1. The van der Waals surface area contributed by atoms with Gasteiger partial charge in [-0.25, -0.2) is 9.37 Å². The van der Waals surface area contributed by atoms with E-state index >= 15 is 0 Å². The summed E-state index contributed by atoms with van der Waals surface area (Å²) >= 11 is 1.53. The van der Waals surface area contributed by atoms with Crippen molar-refractivity contribution in [1.29, 1.82) is 0 Å². The molecule has 0 bridgehead atoms. The fraction of sp³-hybridized carbons (Fsp3) is 0.400. The highest BCUT2D eigenvalue weighted by molar-refractivity contribution is 7.13. The summed E-state index contributed by atoms with van der Waals surface area (Å²) in [6.07, 6.45) is -0.447. The van der Waals surface area contributed by atoms with Crippen molar-refractivity contribution in [2.75, 3.05) is 0 Å². The van der Waals surface area contributed by atoms with Gasteiger partial charge in [0.25, 0.3) is 0 Å². The average molecular weight is 294 g/mol. The average Bonchev–Trinajstić information content (AvgIpc) is 2.86. The van der Waals surface area contributed by atoms with Crippen molar-refractivity contribution in [2.45, 2.75) is 39.0 Å². The van der Waals surface area contributed by atoms with E-state index in [0.717, 1.165) is 16.3 Å². The molecule has 2 N–H and O–H groups in total. The Labute approximate surface area is 122 Å². The fourth-order valence-corrected chi connectivity index (χ4v) is 2.41. The molecule has 108 valence electrons. The molecule has 0 radical (unpaired) electrons. The molecule has 0 spiro atoms. The van der Waals surface area contributed by atoms with Crippen molar-refractivity contribution in [3.05, 3.63) is 41.2 Å². The molecule has 0 fully saturated rings. The zero-order chi connectivity index (χ0) is 14.8. The zero-order valence-electron chi connectivity index (χ0n) is 11.9. The molecule has 0 aliphatic heterocycles. The van der Waals surface area contributed by atoms with Crippen LogP contribution in [0.25, 0.3) is 10.6 Å². The first-order valence-corrected chi connectivity index (χ1v) is 7.40. The van der Waals surface area contributed by atoms with E-state index in [0.29, 0.717) is 6.54 Å². The van der Waals surface area contributed by atoms with Gasteiger partial charge in [0.05, 0.1) is 11.8 Å². The Kier molecular flexibility index (Phi) is 4.52. The topological polar surface area (TPSA) is 45.1 Å². The molecule has 0 aliphatic carbocycles. The lowest BCUT2D eigenvalue weighted by atomic mass is 9.99. The van der Waals surface area contributed by atoms with E-state index in [1.807, 2.05) is 19.2 Å². The van der Waals surface area contributed by atoms with E-state index in [2.05, 4.69) is 10.3 Å². The second-order valence-electron chi connectivity index (χ2n) is 5.40. The fourth-order valence-electron chi connectivity index (χ4n) is 1.58. The molecular formula is C15H19FN2OS. The second kappa shape index (κ2) is 5.99. The predicted molar refractivity (Wildman–Crippen MR) is 80.1 cm³/mol. The second-order valence-corrected chi connectivity index (χ2v) is 6.26. The molecule has 1 unspecified atom stereocenters. The van der Waals surface area contributed by atoms with Crippen LogP contribution in [0.1, 0.15) is 26.5 Å². The van der Waals surface area contributed by atoms with Crippen LogP contribution >= 0.6 is 11.3 Å². The Morgan fingerprint density at radius 1 is 1.35 bits per heavy atom. The Hall–Kier alpha value is -1.30. The van der Waals surface area contributed by atoms with Crippen LogP contribution < -0.4 is 5.32 Å². The van der Waals surface area contributed by atoms with Gasteiger partial charge in [-0.15, -0.1) is 11.3 Å². The van der Waals surface area contributed by atoms with Crippen LogP contribution in [0, 0.1) is 5.82 Å². The van der Waals surface area contributed by atoms with Crippen molar-refractivity contribution in [1.82, 2.24) is 10.3 Å². The highest BCUT2D eigenvalue weighted by Crippen LogP contribution is 2.24. The van der Waals surface area contributed by atoms with Crippen molar-refractivity contribution >= 4 is 11.3 Å². The highest BCUT2D eigenvalue weighted by Gasteiger charge is 2.23. The van der Waals surface area contributed by atoms with Crippen LogP contribution in [0.3, 0.4) is 0 Å². The first-order chi connectivity index (χ1) is 9.38. The number of rotatable bonds is 5. The van der Waals surface area contributed by atoms with Gasteiger partial charge in [0, 0.05) is 23.0 Å². The summed E-state index contributed by atoms with van der Waals surface area (Å²) in [6, 6.07) is 6.33. The van der Waals surface area contributed by atoms with Gasteiger partial charge in [0.15, 0.2) is 0 Å². The van der Waals surface area contributed by atoms with E-state index in [9.17, 15) is 9.50 Å². The molecule has 20 heavy (non-hydrogen) atoms. The monoisotopic (exact) mass is 294 g/mol. The third kappa shape index (κ3) is 3.62. The maximum absolute atomic E-state index is 12.9. The van der Waals surface area contributed by atoms with E-state index in [-0.39, 0.29) is 11.4 Å². The number of aliphatic hydroxyl groups is 1. The number of hydrogen-bond donors (Lipinski definition) is 2. The standard InChI is InChI=1S/C15H19FN2OS/c1-10(19)15(2,3)17-8-13-9-20-14(18-13)11-4-6-12(16)7-5-11/h4-7,9-10,17,19H,8H2,1-3H3. The molecule has 0 amide bonds. The Bertz CT molecular complexity index is 564. The summed E-state index contributed by atoms with van der Waals surface area (Å²) in [5, 5.41) is 15.8. The number of benzene rings is 1. The molecule has 3 nitrogen and oxygen atoms in total. The molecule has 0 aliphatic rings. The van der Waals surface area contributed by atoms with Gasteiger partial charge in [-0.3, -0.25) is 0 Å². The summed E-state index contributed by atoms with van der Waals surface area (Å²) in [7, 11) is 0. The normalized spacial score (nSPS) is 13.4. The van der Waals surface area contributed by atoms with Crippen LogP contribution in [-0.4, -0.2) is 21.7 Å². The highest BCUT2D eigenvalue weighted by atomic mass is 32.1. The largest absolute Gasteiger partial charge is 0.392 e. The van der Waals surface area contributed by atoms with Crippen molar-refractivity contribution in [2.24, 2.45) is 0 Å². The SMILES string of the molecule is CC(O)C(C)(C)NCc1csc(-c2ccc(F)cc2)n1. The summed E-state index contributed by atoms with van der Waals surface area (Å²) in [5.74, 6) is -0.245. The van der Waals surface area contributed by atoms with E-state index < -0.39 is 6.10 Å². The molecule has 1 atom stereocenters. The molecule has 5 heteroatoms. The van der Waals surface area contributed by atoms with Gasteiger partial charge in [-0.1, -0.05) is 0 Å². The lowest BCUT2D eigenvalue weighted by Crippen LogP contribution is -2.47. The van der Waals surface area contributed by atoms with E-state index in [1.165, 1.54) is 23.5 Å². The lowest BCUT2D eigenvalue weighted by molar-refractivity contribution is 0.0954. The van der Waals surface area contributed by atoms with Crippen molar-refractivity contribution in [3.8, 4) is 10.6 Å². The summed E-state index contributed by atoms with van der Waals surface area (Å²) in [5.41, 5.74) is 1.47. The molecule has 0 saturated heterocycles. The Morgan fingerprint density at radius 3 is 2.60 bits per heavy atom. The van der Waals surface area contributed by atoms with Crippen LogP contribution in [0.2, 0.25) is 0 Å². The lowest BCUT2D eigenvalue weighted by Gasteiger charge is -2.29. The quantitative estimate of drug-likeness (QED) is 0.890. The molecule has 1 heterocycles. The number of aromatic nitrogens is 1. The van der Waals surface area contributed by atoms with Gasteiger partial charge in [0.2, 0.25) is 0 Å². The molecule has 2 rings (SSSR count). The van der Waals surface area contributed by atoms with Gasteiger partial charge in [-0.2, -0.15) is 0 Å². The Balaban J connectivity index is 2.04. The molecule has 2 aromatic rings. The number of nitrogens with one attached hydrogen (secondary N) is 1. The minimum absolute atomic E-state index is 0.245. The third-order valence-corrected chi connectivity index (χ3v) is 4.35. The Morgan fingerprint density at radius 2 is 2.00 bits per heavy atom. The van der Waals surface area contributed by atoms with Gasteiger partial charge in [-0.05, 0) is 45.0 Å². The molecular weight excluding hydrogens is 275 g/mol. The minimum atomic E-state index is -0.447. The first kappa shape index (κ1) is 15.1.